The van der Waals surface area contributed by atoms with Gasteiger partial charge in [-0.05, 0) is 35.4 Å². The summed E-state index contributed by atoms with van der Waals surface area (Å²) in [6.45, 7) is 0. The largest absolute Gasteiger partial charge is 0.340 e. The molecular weight excluding hydrogens is 360 g/mol. The summed E-state index contributed by atoms with van der Waals surface area (Å²) < 4.78 is 0. The third-order valence-corrected chi connectivity index (χ3v) is 4.27. The molecule has 0 saturated heterocycles. The van der Waals surface area contributed by atoms with E-state index in [-0.39, 0.29) is 18.2 Å². The summed E-state index contributed by atoms with van der Waals surface area (Å²) in [4.78, 5) is 25.3. The number of nitrogens with one attached hydrogen (secondary N) is 2. The van der Waals surface area contributed by atoms with E-state index in [1.807, 2.05) is 48.5 Å². The lowest BCUT2D eigenvalue weighted by molar-refractivity contribution is -0.126. The van der Waals surface area contributed by atoms with Gasteiger partial charge in [-0.3, -0.25) is 9.59 Å². The molecule has 0 spiro atoms. The van der Waals surface area contributed by atoms with Crippen LogP contribution in [0.15, 0.2) is 84.9 Å². The van der Waals surface area contributed by atoms with Gasteiger partial charge >= 0.3 is 0 Å². The van der Waals surface area contributed by atoms with Gasteiger partial charge in [-0.25, -0.2) is 0 Å². The molecular formula is C22H19ClN2O2. The standard InChI is InChI=1S/C22H19ClN2O2/c23-18-13-11-16(12-14-18)15-20(26)25-21(17-7-3-1-4-8-17)22(27)24-19-9-5-2-6-10-19/h1-14,21H,15H2,(H,24,27)(H,25,26). The van der Waals surface area contributed by atoms with Crippen LogP contribution in [0.3, 0.4) is 0 Å². The Kier molecular flexibility index (Phi) is 6.23. The summed E-state index contributed by atoms with van der Waals surface area (Å²) >= 11 is 5.88. The molecule has 0 aromatic heterocycles. The van der Waals surface area contributed by atoms with Crippen molar-refractivity contribution in [2.75, 3.05) is 5.32 Å². The third-order valence-electron chi connectivity index (χ3n) is 4.02. The molecule has 2 amide bonds. The second kappa shape index (κ2) is 9.01. The minimum Gasteiger partial charge on any atom is -0.340 e. The average molecular weight is 379 g/mol. The van der Waals surface area contributed by atoms with Crippen LogP contribution in [0.1, 0.15) is 17.2 Å². The minimum absolute atomic E-state index is 0.166. The van der Waals surface area contributed by atoms with Gasteiger partial charge in [-0.2, -0.15) is 0 Å². The predicted octanol–water partition coefficient (Wildman–Crippen LogP) is 4.38. The summed E-state index contributed by atoms with van der Waals surface area (Å²) in [5.74, 6) is -0.536. The van der Waals surface area contributed by atoms with E-state index in [2.05, 4.69) is 10.6 Å². The highest BCUT2D eigenvalue weighted by atomic mass is 35.5. The zero-order valence-corrected chi connectivity index (χ0v) is 15.3. The molecule has 0 radical (unpaired) electrons. The van der Waals surface area contributed by atoms with Crippen molar-refractivity contribution in [1.82, 2.24) is 5.32 Å². The fourth-order valence-corrected chi connectivity index (χ4v) is 2.81. The Bertz CT molecular complexity index is 897. The fourth-order valence-electron chi connectivity index (χ4n) is 2.68. The molecule has 0 bridgehead atoms. The molecule has 0 aliphatic carbocycles. The van der Waals surface area contributed by atoms with Crippen molar-refractivity contribution in [2.45, 2.75) is 12.5 Å². The van der Waals surface area contributed by atoms with Crippen LogP contribution in [0, 0.1) is 0 Å². The maximum Gasteiger partial charge on any atom is 0.251 e. The molecule has 0 aliphatic heterocycles. The van der Waals surface area contributed by atoms with Crippen molar-refractivity contribution in [1.29, 1.82) is 0 Å². The van der Waals surface area contributed by atoms with Gasteiger partial charge in [-0.15, -0.1) is 0 Å². The quantitative estimate of drug-likeness (QED) is 0.668. The molecule has 27 heavy (non-hydrogen) atoms. The zero-order chi connectivity index (χ0) is 19.1. The fraction of sp³-hybridized carbons (Fsp3) is 0.0909. The van der Waals surface area contributed by atoms with Crippen molar-refractivity contribution in [3.63, 3.8) is 0 Å². The number of carbonyl (C=O) groups is 2. The number of carbonyl (C=O) groups excluding carboxylic acids is 2. The number of hydrogen-bond acceptors (Lipinski definition) is 2. The number of halogens is 1. The van der Waals surface area contributed by atoms with Gasteiger partial charge in [-0.1, -0.05) is 72.3 Å². The number of amides is 2. The topological polar surface area (TPSA) is 58.2 Å². The first kappa shape index (κ1) is 18.7. The number of rotatable bonds is 6. The molecule has 0 saturated carbocycles. The number of benzene rings is 3. The van der Waals surface area contributed by atoms with Crippen LogP contribution in [-0.4, -0.2) is 11.8 Å². The molecule has 0 aliphatic rings. The third kappa shape index (κ3) is 5.43. The lowest BCUT2D eigenvalue weighted by atomic mass is 10.0. The van der Waals surface area contributed by atoms with Crippen molar-refractivity contribution in [3.05, 3.63) is 101 Å². The highest BCUT2D eigenvalue weighted by Crippen LogP contribution is 2.17. The summed E-state index contributed by atoms with van der Waals surface area (Å²) in [7, 11) is 0. The molecule has 5 heteroatoms. The molecule has 0 fully saturated rings. The van der Waals surface area contributed by atoms with Gasteiger partial charge < -0.3 is 10.6 Å². The Morgan fingerprint density at radius 3 is 2.04 bits per heavy atom. The van der Waals surface area contributed by atoms with Gasteiger partial charge in [0.15, 0.2) is 0 Å². The molecule has 2 N–H and O–H groups in total. The molecule has 3 aromatic rings. The number of para-hydroxylation sites is 1. The first-order valence-corrected chi connectivity index (χ1v) is 8.94. The monoisotopic (exact) mass is 378 g/mol. The van der Waals surface area contributed by atoms with Crippen molar-refractivity contribution in [3.8, 4) is 0 Å². The maximum absolute atomic E-state index is 12.8. The first-order valence-electron chi connectivity index (χ1n) is 8.56. The smallest absolute Gasteiger partial charge is 0.251 e. The van der Waals surface area contributed by atoms with Gasteiger partial charge in [0.25, 0.3) is 5.91 Å². The van der Waals surface area contributed by atoms with E-state index < -0.39 is 6.04 Å². The predicted molar refractivity (Wildman–Crippen MR) is 108 cm³/mol. The Morgan fingerprint density at radius 1 is 0.815 bits per heavy atom. The van der Waals surface area contributed by atoms with Gasteiger partial charge in [0, 0.05) is 10.7 Å². The molecule has 0 heterocycles. The van der Waals surface area contributed by atoms with E-state index in [0.29, 0.717) is 10.7 Å². The molecule has 1 atom stereocenters. The van der Waals surface area contributed by atoms with Crippen LogP contribution in [-0.2, 0) is 16.0 Å². The van der Waals surface area contributed by atoms with E-state index in [9.17, 15) is 9.59 Å². The Labute approximate surface area is 163 Å². The van der Waals surface area contributed by atoms with Crippen LogP contribution < -0.4 is 10.6 Å². The van der Waals surface area contributed by atoms with Crippen LogP contribution in [0.25, 0.3) is 0 Å². The van der Waals surface area contributed by atoms with Gasteiger partial charge in [0.1, 0.15) is 6.04 Å². The Balaban J connectivity index is 1.74. The lowest BCUT2D eigenvalue weighted by Crippen LogP contribution is -2.37. The van der Waals surface area contributed by atoms with E-state index in [1.165, 1.54) is 0 Å². The highest BCUT2D eigenvalue weighted by molar-refractivity contribution is 6.30. The van der Waals surface area contributed by atoms with Crippen molar-refractivity contribution >= 4 is 29.1 Å². The second-order valence-corrected chi connectivity index (χ2v) is 6.51. The van der Waals surface area contributed by atoms with Gasteiger partial charge in [0.05, 0.1) is 6.42 Å². The van der Waals surface area contributed by atoms with E-state index in [0.717, 1.165) is 11.1 Å². The van der Waals surface area contributed by atoms with E-state index >= 15 is 0 Å². The lowest BCUT2D eigenvalue weighted by Gasteiger charge is -2.19. The average Bonchev–Trinajstić information content (AvgIpc) is 2.69. The molecule has 136 valence electrons. The first-order chi connectivity index (χ1) is 13.1. The van der Waals surface area contributed by atoms with Crippen LogP contribution >= 0.6 is 11.6 Å². The SMILES string of the molecule is O=C(Cc1ccc(Cl)cc1)NC(C(=O)Nc1ccccc1)c1ccccc1. The molecule has 3 rings (SSSR count). The van der Waals surface area contributed by atoms with Gasteiger partial charge in [0.2, 0.25) is 5.91 Å². The molecule has 4 nitrogen and oxygen atoms in total. The van der Waals surface area contributed by atoms with Crippen molar-refractivity contribution in [2.24, 2.45) is 0 Å². The summed E-state index contributed by atoms with van der Waals surface area (Å²) in [6, 6.07) is 24.6. The highest BCUT2D eigenvalue weighted by Gasteiger charge is 2.22. The van der Waals surface area contributed by atoms with Crippen LogP contribution in [0.5, 0.6) is 0 Å². The number of hydrogen-bond donors (Lipinski definition) is 2. The number of anilines is 1. The zero-order valence-electron chi connectivity index (χ0n) is 14.6. The molecule has 3 aromatic carbocycles. The summed E-state index contributed by atoms with van der Waals surface area (Å²) in [6.07, 6.45) is 0.166. The summed E-state index contributed by atoms with van der Waals surface area (Å²) in [5, 5.41) is 6.29. The van der Waals surface area contributed by atoms with Crippen molar-refractivity contribution < 1.29 is 9.59 Å². The normalized spacial score (nSPS) is 11.4. The maximum atomic E-state index is 12.8. The van der Waals surface area contributed by atoms with E-state index in [1.54, 1.807) is 36.4 Å². The Hall–Kier alpha value is -3.11. The van der Waals surface area contributed by atoms with E-state index in [4.69, 9.17) is 11.6 Å². The molecule has 1 unspecified atom stereocenters. The second-order valence-electron chi connectivity index (χ2n) is 6.07. The Morgan fingerprint density at radius 2 is 1.41 bits per heavy atom. The van der Waals surface area contributed by atoms with Crippen LogP contribution in [0.4, 0.5) is 5.69 Å². The van der Waals surface area contributed by atoms with Crippen LogP contribution in [0.2, 0.25) is 5.02 Å². The summed E-state index contributed by atoms with van der Waals surface area (Å²) in [5.41, 5.74) is 2.22. The minimum atomic E-state index is -0.786.